The van der Waals surface area contributed by atoms with Gasteiger partial charge >= 0.3 is 18.0 Å². The zero-order valence-corrected chi connectivity index (χ0v) is 23.0. The quantitative estimate of drug-likeness (QED) is 0.335. The highest BCUT2D eigenvalue weighted by atomic mass is 16.6. The van der Waals surface area contributed by atoms with Crippen LogP contribution in [0.15, 0.2) is 30.3 Å². The van der Waals surface area contributed by atoms with Crippen LogP contribution in [0.2, 0.25) is 0 Å². The Kier molecular flexibility index (Phi) is 10.6. The Morgan fingerprint density at radius 2 is 1.68 bits per heavy atom. The average molecular weight is 559 g/mol. The topological polar surface area (TPSA) is 154 Å². The predicted molar refractivity (Wildman–Crippen MR) is 142 cm³/mol. The minimum Gasteiger partial charge on any atom is -0.478 e. The second kappa shape index (κ2) is 14.1. The van der Waals surface area contributed by atoms with E-state index in [0.29, 0.717) is 10.9 Å². The second-order valence-corrected chi connectivity index (χ2v) is 8.96. The number of hydrogen-bond acceptors (Lipinski definition) is 10. The van der Waals surface area contributed by atoms with Crippen LogP contribution < -0.4 is 10.1 Å². The number of carbonyl (C=O) groups excluding carboxylic acids is 5. The van der Waals surface area contributed by atoms with Gasteiger partial charge in [-0.3, -0.25) is 14.4 Å². The zero-order valence-electron chi connectivity index (χ0n) is 23.0. The van der Waals surface area contributed by atoms with Crippen molar-refractivity contribution in [1.82, 2.24) is 20.1 Å². The van der Waals surface area contributed by atoms with Gasteiger partial charge in [-0.25, -0.2) is 14.6 Å². The SMILES string of the molecule is CCOC(=O)N1CCN(C(=O)C(CCC(=O)OC)NC(=O)c2cc(OC(C)C(=O)OC)c3ccccc3n2)CC1. The number of methoxy groups -OCH3 is 2. The molecule has 1 aliphatic heterocycles. The Morgan fingerprint density at radius 3 is 2.33 bits per heavy atom. The molecule has 13 heteroatoms. The molecule has 40 heavy (non-hydrogen) atoms. The largest absolute Gasteiger partial charge is 0.478 e. The number of hydrogen-bond donors (Lipinski definition) is 1. The first kappa shape index (κ1) is 30.1. The molecule has 1 aliphatic rings. The molecule has 0 spiro atoms. The summed E-state index contributed by atoms with van der Waals surface area (Å²) >= 11 is 0. The number of amides is 3. The second-order valence-electron chi connectivity index (χ2n) is 8.96. The van der Waals surface area contributed by atoms with Crippen LogP contribution >= 0.6 is 0 Å². The summed E-state index contributed by atoms with van der Waals surface area (Å²) in [6.45, 7) is 4.49. The number of esters is 2. The lowest BCUT2D eigenvalue weighted by molar-refractivity contribution is -0.148. The van der Waals surface area contributed by atoms with Gasteiger partial charge in [0.05, 0.1) is 26.3 Å². The van der Waals surface area contributed by atoms with E-state index in [1.165, 1.54) is 37.0 Å². The van der Waals surface area contributed by atoms with Gasteiger partial charge in [-0.15, -0.1) is 0 Å². The lowest BCUT2D eigenvalue weighted by Crippen LogP contribution is -2.56. The molecule has 13 nitrogen and oxygen atoms in total. The van der Waals surface area contributed by atoms with Gasteiger partial charge in [0.25, 0.3) is 5.91 Å². The summed E-state index contributed by atoms with van der Waals surface area (Å²) in [4.78, 5) is 70.0. The van der Waals surface area contributed by atoms with Crippen molar-refractivity contribution in [3.63, 3.8) is 0 Å². The van der Waals surface area contributed by atoms with Gasteiger partial charge in [0.2, 0.25) is 5.91 Å². The van der Waals surface area contributed by atoms with Gasteiger partial charge < -0.3 is 34.1 Å². The number of nitrogens with one attached hydrogen (secondary N) is 1. The molecule has 2 aromatic rings. The Hall–Kier alpha value is -4.42. The number of nitrogens with zero attached hydrogens (tertiary/aromatic N) is 3. The molecule has 2 heterocycles. The monoisotopic (exact) mass is 558 g/mol. The van der Waals surface area contributed by atoms with Gasteiger partial charge in [0.15, 0.2) is 6.10 Å². The van der Waals surface area contributed by atoms with Gasteiger partial charge in [-0.1, -0.05) is 12.1 Å². The van der Waals surface area contributed by atoms with Crippen molar-refractivity contribution >= 4 is 40.7 Å². The molecule has 0 radical (unpaired) electrons. The number of pyridine rings is 1. The Labute approximate surface area is 231 Å². The van der Waals surface area contributed by atoms with E-state index >= 15 is 0 Å². The van der Waals surface area contributed by atoms with Crippen molar-refractivity contribution in [2.24, 2.45) is 0 Å². The van der Waals surface area contributed by atoms with Crippen molar-refractivity contribution in [2.45, 2.75) is 38.8 Å². The van der Waals surface area contributed by atoms with Crippen molar-refractivity contribution in [2.75, 3.05) is 47.0 Å². The van der Waals surface area contributed by atoms with Crippen molar-refractivity contribution in [1.29, 1.82) is 0 Å². The molecule has 0 aliphatic carbocycles. The number of rotatable bonds is 10. The third-order valence-electron chi connectivity index (χ3n) is 6.33. The molecular formula is C27H34N4O9. The van der Waals surface area contributed by atoms with Crippen molar-refractivity contribution in [3.05, 3.63) is 36.0 Å². The van der Waals surface area contributed by atoms with Crippen molar-refractivity contribution < 1.29 is 42.9 Å². The zero-order chi connectivity index (χ0) is 29.2. The van der Waals surface area contributed by atoms with E-state index in [2.05, 4.69) is 10.3 Å². The Bertz CT molecular complexity index is 1240. The van der Waals surface area contributed by atoms with E-state index < -0.39 is 42.0 Å². The molecular weight excluding hydrogens is 524 g/mol. The van der Waals surface area contributed by atoms with Gasteiger partial charge in [0.1, 0.15) is 17.5 Å². The fourth-order valence-corrected chi connectivity index (χ4v) is 4.16. The molecule has 0 bridgehead atoms. The van der Waals surface area contributed by atoms with Gasteiger partial charge in [-0.05, 0) is 32.4 Å². The fourth-order valence-electron chi connectivity index (χ4n) is 4.16. The number of piperazine rings is 1. The standard InChI is InChI=1S/C27H34N4O9/c1-5-39-27(36)31-14-12-30(13-15-31)25(34)20(10-11-23(32)37-3)29-24(33)21-16-22(40-17(2)26(35)38-4)18-8-6-7-9-19(18)28-21/h6-9,16-17,20H,5,10-15H2,1-4H3,(H,29,33). The lowest BCUT2D eigenvalue weighted by Gasteiger charge is -2.36. The summed E-state index contributed by atoms with van der Waals surface area (Å²) in [6, 6.07) is 7.25. The molecule has 2 atom stereocenters. The summed E-state index contributed by atoms with van der Waals surface area (Å²) in [7, 11) is 2.48. The molecule has 1 saturated heterocycles. The molecule has 3 rings (SSSR count). The highest BCUT2D eigenvalue weighted by molar-refractivity contribution is 5.99. The molecule has 0 saturated carbocycles. The van der Waals surface area contributed by atoms with E-state index in [4.69, 9.17) is 18.9 Å². The highest BCUT2D eigenvalue weighted by Crippen LogP contribution is 2.27. The van der Waals surface area contributed by atoms with E-state index in [1.54, 1.807) is 31.2 Å². The first-order valence-corrected chi connectivity index (χ1v) is 12.9. The Balaban J connectivity index is 1.81. The van der Waals surface area contributed by atoms with Crippen LogP contribution in [-0.4, -0.2) is 104 Å². The summed E-state index contributed by atoms with van der Waals surface area (Å²) in [5.74, 6) is -1.97. The number of aromatic nitrogens is 1. The number of carbonyl (C=O) groups is 5. The van der Waals surface area contributed by atoms with Crippen LogP contribution in [0.1, 0.15) is 37.2 Å². The number of para-hydroxylation sites is 1. The first-order chi connectivity index (χ1) is 19.2. The smallest absolute Gasteiger partial charge is 0.409 e. The molecule has 216 valence electrons. The van der Waals surface area contributed by atoms with Crippen LogP contribution in [0, 0.1) is 0 Å². The third kappa shape index (κ3) is 7.58. The van der Waals surface area contributed by atoms with Crippen LogP contribution in [0.3, 0.4) is 0 Å². The van der Waals surface area contributed by atoms with E-state index in [0.717, 1.165) is 0 Å². The Morgan fingerprint density at radius 1 is 1.00 bits per heavy atom. The third-order valence-corrected chi connectivity index (χ3v) is 6.33. The maximum absolute atomic E-state index is 13.4. The lowest BCUT2D eigenvalue weighted by atomic mass is 10.1. The summed E-state index contributed by atoms with van der Waals surface area (Å²) in [5, 5.41) is 3.27. The number of fused-ring (bicyclic) bond motifs is 1. The van der Waals surface area contributed by atoms with Gasteiger partial charge in [0, 0.05) is 44.1 Å². The molecule has 2 unspecified atom stereocenters. The minimum atomic E-state index is -1.06. The predicted octanol–water partition coefficient (Wildman–Crippen LogP) is 1.53. The van der Waals surface area contributed by atoms with Crippen LogP contribution in [0.4, 0.5) is 4.79 Å². The van der Waals surface area contributed by atoms with Crippen LogP contribution in [0.5, 0.6) is 5.75 Å². The van der Waals surface area contributed by atoms with Crippen molar-refractivity contribution in [3.8, 4) is 5.75 Å². The highest BCUT2D eigenvalue weighted by Gasteiger charge is 2.31. The first-order valence-electron chi connectivity index (χ1n) is 12.9. The maximum atomic E-state index is 13.4. The normalized spacial score (nSPS) is 14.6. The van der Waals surface area contributed by atoms with E-state index in [-0.39, 0.29) is 57.1 Å². The van der Waals surface area contributed by atoms with E-state index in [1.807, 2.05) is 0 Å². The minimum absolute atomic E-state index is 0.00828. The summed E-state index contributed by atoms with van der Waals surface area (Å²) in [5.41, 5.74) is 0.392. The molecule has 1 aromatic heterocycles. The molecule has 1 aromatic carbocycles. The maximum Gasteiger partial charge on any atom is 0.409 e. The molecule has 3 amide bonds. The molecule has 1 fully saturated rings. The molecule has 1 N–H and O–H groups in total. The summed E-state index contributed by atoms with van der Waals surface area (Å²) < 4.78 is 20.2. The van der Waals surface area contributed by atoms with Crippen LogP contribution in [-0.2, 0) is 28.6 Å². The summed E-state index contributed by atoms with van der Waals surface area (Å²) in [6.07, 6.45) is -1.51. The van der Waals surface area contributed by atoms with E-state index in [9.17, 15) is 24.0 Å². The average Bonchev–Trinajstić information content (AvgIpc) is 2.98. The van der Waals surface area contributed by atoms with Crippen LogP contribution in [0.25, 0.3) is 10.9 Å². The van der Waals surface area contributed by atoms with Gasteiger partial charge in [-0.2, -0.15) is 0 Å². The number of benzene rings is 1. The number of ether oxygens (including phenoxy) is 4. The fraction of sp³-hybridized carbons (Fsp3) is 0.481.